The molecule has 0 radical (unpaired) electrons. The quantitative estimate of drug-likeness (QED) is 0.502. The number of para-hydroxylation sites is 1. The number of imidazole rings is 1. The Hall–Kier alpha value is -3.93. The lowest BCUT2D eigenvalue weighted by atomic mass is 10.0. The SMILES string of the molecule is Cc1ccn2cc(C(=O)OC(C)C(=O)Nc3ccccc3-c3ccccc3)nc2c1. The fourth-order valence-electron chi connectivity index (χ4n) is 3.15. The van der Waals surface area contributed by atoms with E-state index in [1.807, 2.05) is 79.9 Å². The molecule has 2 aromatic carbocycles. The van der Waals surface area contributed by atoms with Gasteiger partial charge in [0.25, 0.3) is 5.91 Å². The van der Waals surface area contributed by atoms with E-state index in [2.05, 4.69) is 10.3 Å². The zero-order chi connectivity index (χ0) is 21.1. The van der Waals surface area contributed by atoms with Crippen LogP contribution in [0.2, 0.25) is 0 Å². The van der Waals surface area contributed by atoms with Gasteiger partial charge in [-0.05, 0) is 43.2 Å². The van der Waals surface area contributed by atoms with Gasteiger partial charge in [0.15, 0.2) is 11.8 Å². The molecule has 4 rings (SSSR count). The maximum Gasteiger partial charge on any atom is 0.359 e. The Morgan fingerprint density at radius 1 is 1.03 bits per heavy atom. The van der Waals surface area contributed by atoms with Crippen molar-refractivity contribution in [1.29, 1.82) is 0 Å². The van der Waals surface area contributed by atoms with E-state index in [4.69, 9.17) is 4.74 Å². The van der Waals surface area contributed by atoms with Gasteiger partial charge in [0.05, 0.1) is 0 Å². The second-order valence-electron chi connectivity index (χ2n) is 7.04. The molecule has 6 nitrogen and oxygen atoms in total. The Bertz CT molecular complexity index is 1210. The smallest absolute Gasteiger partial charge is 0.359 e. The summed E-state index contributed by atoms with van der Waals surface area (Å²) in [6.45, 7) is 3.49. The standard InChI is InChI=1S/C24H21N3O3/c1-16-12-13-27-15-21(25-22(27)14-16)24(29)30-17(2)23(28)26-20-11-7-6-10-19(20)18-8-4-3-5-9-18/h3-15,17H,1-2H3,(H,26,28). The normalized spacial score (nSPS) is 11.8. The van der Waals surface area contributed by atoms with E-state index in [1.54, 1.807) is 10.6 Å². The van der Waals surface area contributed by atoms with Crippen molar-refractivity contribution in [2.75, 3.05) is 5.32 Å². The molecule has 0 fully saturated rings. The van der Waals surface area contributed by atoms with Gasteiger partial charge in [-0.15, -0.1) is 0 Å². The number of rotatable bonds is 5. The Morgan fingerprint density at radius 2 is 1.77 bits per heavy atom. The lowest BCUT2D eigenvalue weighted by molar-refractivity contribution is -0.123. The van der Waals surface area contributed by atoms with E-state index in [0.29, 0.717) is 11.3 Å². The van der Waals surface area contributed by atoms with Gasteiger partial charge in [-0.1, -0.05) is 48.5 Å². The summed E-state index contributed by atoms with van der Waals surface area (Å²) < 4.78 is 7.09. The van der Waals surface area contributed by atoms with Crippen molar-refractivity contribution in [3.63, 3.8) is 0 Å². The van der Waals surface area contributed by atoms with Crippen LogP contribution in [0, 0.1) is 6.92 Å². The number of carbonyl (C=O) groups excluding carboxylic acids is 2. The number of aromatic nitrogens is 2. The molecular formula is C24H21N3O3. The second kappa shape index (κ2) is 8.21. The number of pyridine rings is 1. The topological polar surface area (TPSA) is 72.7 Å². The van der Waals surface area contributed by atoms with Crippen molar-refractivity contribution in [3.8, 4) is 11.1 Å². The molecule has 6 heteroatoms. The van der Waals surface area contributed by atoms with Crippen LogP contribution in [-0.2, 0) is 9.53 Å². The summed E-state index contributed by atoms with van der Waals surface area (Å²) in [5.74, 6) is -1.05. The molecule has 0 spiro atoms. The number of ether oxygens (including phenoxy) is 1. The summed E-state index contributed by atoms with van der Waals surface area (Å²) >= 11 is 0. The maximum absolute atomic E-state index is 12.7. The van der Waals surface area contributed by atoms with Gasteiger partial charge >= 0.3 is 5.97 Å². The molecule has 0 saturated heterocycles. The van der Waals surface area contributed by atoms with Crippen LogP contribution in [0.1, 0.15) is 23.0 Å². The van der Waals surface area contributed by atoms with Crippen LogP contribution in [0.4, 0.5) is 5.69 Å². The van der Waals surface area contributed by atoms with Crippen molar-refractivity contribution in [3.05, 3.63) is 90.4 Å². The van der Waals surface area contributed by atoms with E-state index >= 15 is 0 Å². The van der Waals surface area contributed by atoms with E-state index in [0.717, 1.165) is 16.7 Å². The van der Waals surface area contributed by atoms with E-state index in [1.165, 1.54) is 6.92 Å². The van der Waals surface area contributed by atoms with Crippen LogP contribution >= 0.6 is 0 Å². The molecule has 2 aromatic heterocycles. The maximum atomic E-state index is 12.7. The third-order valence-electron chi connectivity index (χ3n) is 4.75. The van der Waals surface area contributed by atoms with Gasteiger partial charge in [0.1, 0.15) is 5.65 Å². The summed E-state index contributed by atoms with van der Waals surface area (Å²) in [6.07, 6.45) is 2.44. The Balaban J connectivity index is 1.47. The van der Waals surface area contributed by atoms with E-state index in [-0.39, 0.29) is 5.69 Å². The first-order valence-corrected chi connectivity index (χ1v) is 9.63. The zero-order valence-corrected chi connectivity index (χ0v) is 16.7. The number of esters is 1. The summed E-state index contributed by atoms with van der Waals surface area (Å²) in [6, 6.07) is 21.1. The van der Waals surface area contributed by atoms with Gasteiger partial charge < -0.3 is 14.5 Å². The fourth-order valence-corrected chi connectivity index (χ4v) is 3.15. The molecule has 0 aliphatic rings. The molecule has 1 unspecified atom stereocenters. The second-order valence-corrected chi connectivity index (χ2v) is 7.04. The lowest BCUT2D eigenvalue weighted by Gasteiger charge is -2.15. The fraction of sp³-hybridized carbons (Fsp3) is 0.125. The highest BCUT2D eigenvalue weighted by atomic mass is 16.5. The first-order chi connectivity index (χ1) is 14.5. The number of nitrogens with zero attached hydrogens (tertiary/aromatic N) is 2. The van der Waals surface area contributed by atoms with Crippen LogP contribution in [0.15, 0.2) is 79.1 Å². The highest BCUT2D eigenvalue weighted by Crippen LogP contribution is 2.27. The minimum Gasteiger partial charge on any atom is -0.448 e. The summed E-state index contributed by atoms with van der Waals surface area (Å²) in [7, 11) is 0. The third kappa shape index (κ3) is 4.07. The zero-order valence-electron chi connectivity index (χ0n) is 16.7. The first kappa shape index (κ1) is 19.4. The Labute approximate surface area is 174 Å². The van der Waals surface area contributed by atoms with Crippen molar-refractivity contribution < 1.29 is 14.3 Å². The number of hydrogen-bond acceptors (Lipinski definition) is 4. The van der Waals surface area contributed by atoms with E-state index < -0.39 is 18.0 Å². The minimum absolute atomic E-state index is 0.157. The number of nitrogens with one attached hydrogen (secondary N) is 1. The molecule has 4 aromatic rings. The van der Waals surface area contributed by atoms with E-state index in [9.17, 15) is 9.59 Å². The van der Waals surface area contributed by atoms with Gasteiger partial charge in [0.2, 0.25) is 0 Å². The summed E-state index contributed by atoms with van der Waals surface area (Å²) in [5.41, 5.74) is 4.37. The Morgan fingerprint density at radius 3 is 2.57 bits per heavy atom. The molecule has 150 valence electrons. The number of carbonyl (C=O) groups is 2. The molecular weight excluding hydrogens is 378 g/mol. The number of aryl methyl sites for hydroxylation is 1. The highest BCUT2D eigenvalue weighted by molar-refractivity contribution is 5.99. The highest BCUT2D eigenvalue weighted by Gasteiger charge is 2.22. The van der Waals surface area contributed by atoms with Crippen molar-refractivity contribution >= 4 is 23.2 Å². The van der Waals surface area contributed by atoms with Crippen molar-refractivity contribution in [1.82, 2.24) is 9.38 Å². The third-order valence-corrected chi connectivity index (χ3v) is 4.75. The minimum atomic E-state index is -0.979. The average molecular weight is 399 g/mol. The predicted octanol–water partition coefficient (Wildman–Crippen LogP) is 4.49. The molecule has 30 heavy (non-hydrogen) atoms. The summed E-state index contributed by atoms with van der Waals surface area (Å²) in [5, 5.41) is 2.86. The molecule has 0 aliphatic heterocycles. The van der Waals surface area contributed by atoms with Crippen molar-refractivity contribution in [2.45, 2.75) is 20.0 Å². The molecule has 0 saturated carbocycles. The van der Waals surface area contributed by atoms with Crippen LogP contribution < -0.4 is 5.32 Å². The Kier molecular flexibility index (Phi) is 5.30. The van der Waals surface area contributed by atoms with Crippen LogP contribution in [0.25, 0.3) is 16.8 Å². The molecule has 2 heterocycles. The average Bonchev–Trinajstić information content (AvgIpc) is 3.18. The molecule has 0 aliphatic carbocycles. The van der Waals surface area contributed by atoms with Gasteiger partial charge in [-0.2, -0.15) is 0 Å². The van der Waals surface area contributed by atoms with Gasteiger partial charge in [-0.3, -0.25) is 4.79 Å². The van der Waals surface area contributed by atoms with Gasteiger partial charge in [0, 0.05) is 23.6 Å². The summed E-state index contributed by atoms with van der Waals surface area (Å²) in [4.78, 5) is 29.4. The lowest BCUT2D eigenvalue weighted by Crippen LogP contribution is -2.30. The number of benzene rings is 2. The molecule has 1 atom stereocenters. The largest absolute Gasteiger partial charge is 0.448 e. The first-order valence-electron chi connectivity index (χ1n) is 9.63. The van der Waals surface area contributed by atoms with Gasteiger partial charge in [-0.25, -0.2) is 9.78 Å². The monoisotopic (exact) mass is 399 g/mol. The number of hydrogen-bond donors (Lipinski definition) is 1. The molecule has 0 bridgehead atoms. The number of anilines is 1. The predicted molar refractivity (Wildman–Crippen MR) is 115 cm³/mol. The molecule has 1 N–H and O–H groups in total. The number of fused-ring (bicyclic) bond motifs is 1. The van der Waals surface area contributed by atoms with Crippen LogP contribution in [-0.4, -0.2) is 27.4 Å². The number of amides is 1. The van der Waals surface area contributed by atoms with Crippen LogP contribution in [0.3, 0.4) is 0 Å². The van der Waals surface area contributed by atoms with Crippen LogP contribution in [0.5, 0.6) is 0 Å². The van der Waals surface area contributed by atoms with Crippen molar-refractivity contribution in [2.24, 2.45) is 0 Å². The molecule has 1 amide bonds.